The van der Waals surface area contributed by atoms with Crippen LogP contribution in [0, 0.1) is 0 Å². The van der Waals surface area contributed by atoms with Crippen LogP contribution in [0.15, 0.2) is 12.2 Å². The molecule has 0 radical (unpaired) electrons. The van der Waals surface area contributed by atoms with E-state index in [9.17, 15) is 9.90 Å². The molecule has 0 aromatic rings. The third-order valence-corrected chi connectivity index (χ3v) is 1.27. The van der Waals surface area contributed by atoms with Crippen molar-refractivity contribution in [1.29, 1.82) is 0 Å². The first kappa shape index (κ1) is 12.2. The van der Waals surface area contributed by atoms with Crippen LogP contribution in [0.2, 0.25) is 0 Å². The number of esters is 1. The summed E-state index contributed by atoms with van der Waals surface area (Å²) in [5.41, 5.74) is -0.534. The normalized spacial score (nSPS) is 14.5. The lowest BCUT2D eigenvalue weighted by atomic mass is 10.2. The molecule has 0 fully saturated rings. The summed E-state index contributed by atoms with van der Waals surface area (Å²) >= 11 is 0. The average Bonchev–Trinajstić information content (AvgIpc) is 1.96. The van der Waals surface area contributed by atoms with Crippen LogP contribution in [0.3, 0.4) is 0 Å². The van der Waals surface area contributed by atoms with Gasteiger partial charge in [-0.15, -0.1) is 0 Å². The Hall–Kier alpha value is -0.830. The quantitative estimate of drug-likeness (QED) is 0.538. The molecule has 0 aromatic heterocycles. The molecule has 1 N–H and O–H groups in total. The fourth-order valence-corrected chi connectivity index (χ4v) is 0.731. The van der Waals surface area contributed by atoms with Crippen molar-refractivity contribution in [3.05, 3.63) is 12.2 Å². The van der Waals surface area contributed by atoms with Crippen molar-refractivity contribution in [2.45, 2.75) is 45.8 Å². The topological polar surface area (TPSA) is 46.5 Å². The van der Waals surface area contributed by atoms with Gasteiger partial charge in [-0.1, -0.05) is 12.2 Å². The Morgan fingerprint density at radius 1 is 1.54 bits per heavy atom. The number of hydrogen-bond acceptors (Lipinski definition) is 3. The zero-order chi connectivity index (χ0) is 10.5. The Bertz CT molecular complexity index is 189. The van der Waals surface area contributed by atoms with Gasteiger partial charge < -0.3 is 9.84 Å². The van der Waals surface area contributed by atoms with Crippen LogP contribution in [0.5, 0.6) is 0 Å². The summed E-state index contributed by atoms with van der Waals surface area (Å²) in [5, 5.41) is 9.29. The first-order chi connectivity index (χ1) is 5.87. The van der Waals surface area contributed by atoms with Crippen molar-refractivity contribution < 1.29 is 14.6 Å². The highest BCUT2D eigenvalue weighted by molar-refractivity contribution is 5.74. The third-order valence-electron chi connectivity index (χ3n) is 1.27. The van der Waals surface area contributed by atoms with Crippen LogP contribution >= 0.6 is 0 Å². The summed E-state index contributed by atoms with van der Waals surface area (Å²) in [6.45, 7) is 7.15. The lowest BCUT2D eigenvalue weighted by Crippen LogP contribution is -2.31. The van der Waals surface area contributed by atoms with Crippen molar-refractivity contribution in [1.82, 2.24) is 0 Å². The van der Waals surface area contributed by atoms with Gasteiger partial charge in [-0.3, -0.25) is 0 Å². The number of allylic oxidation sites excluding steroid dienone is 1. The predicted molar refractivity (Wildman–Crippen MR) is 51.3 cm³/mol. The molecule has 0 aliphatic rings. The van der Waals surface area contributed by atoms with E-state index in [1.54, 1.807) is 32.9 Å². The predicted octanol–water partition coefficient (Wildman–Crippen LogP) is 1.66. The molecule has 3 heteroatoms. The van der Waals surface area contributed by atoms with Crippen molar-refractivity contribution in [2.24, 2.45) is 0 Å². The van der Waals surface area contributed by atoms with E-state index < -0.39 is 17.7 Å². The molecule has 0 saturated heterocycles. The van der Waals surface area contributed by atoms with E-state index in [4.69, 9.17) is 4.74 Å². The summed E-state index contributed by atoms with van der Waals surface area (Å²) < 4.78 is 4.97. The van der Waals surface area contributed by atoms with Crippen LogP contribution in [0.25, 0.3) is 0 Å². The van der Waals surface area contributed by atoms with E-state index in [1.165, 1.54) is 0 Å². The highest BCUT2D eigenvalue weighted by atomic mass is 16.6. The van der Waals surface area contributed by atoms with E-state index in [0.29, 0.717) is 6.42 Å². The minimum absolute atomic E-state index is 0.311. The number of carbonyl (C=O) groups excluding carboxylic acids is 1. The Morgan fingerprint density at radius 3 is 2.46 bits per heavy atom. The molecular weight excluding hydrogens is 168 g/mol. The van der Waals surface area contributed by atoms with Gasteiger partial charge in [0, 0.05) is 6.42 Å². The molecule has 0 saturated carbocycles. The van der Waals surface area contributed by atoms with Crippen molar-refractivity contribution in [2.75, 3.05) is 0 Å². The van der Waals surface area contributed by atoms with Crippen LogP contribution in [0.4, 0.5) is 0 Å². The van der Waals surface area contributed by atoms with Gasteiger partial charge in [0.2, 0.25) is 0 Å². The van der Waals surface area contributed by atoms with Gasteiger partial charge >= 0.3 is 5.97 Å². The second kappa shape index (κ2) is 5.02. The monoisotopic (exact) mass is 186 g/mol. The molecule has 0 aliphatic heterocycles. The molecule has 1 atom stereocenters. The number of aliphatic hydroxyl groups is 1. The van der Waals surface area contributed by atoms with Crippen molar-refractivity contribution in [3.63, 3.8) is 0 Å². The Balaban J connectivity index is 3.97. The van der Waals surface area contributed by atoms with E-state index in [-0.39, 0.29) is 0 Å². The van der Waals surface area contributed by atoms with Gasteiger partial charge in [-0.05, 0) is 27.7 Å². The number of ether oxygens (including phenoxy) is 1. The first-order valence-corrected chi connectivity index (χ1v) is 4.39. The minimum Gasteiger partial charge on any atom is -0.458 e. The molecule has 0 bridgehead atoms. The molecule has 0 aromatic carbocycles. The van der Waals surface area contributed by atoms with Crippen molar-refractivity contribution >= 4 is 5.97 Å². The number of hydrogen-bond donors (Lipinski definition) is 1. The maximum absolute atomic E-state index is 11.2. The van der Waals surface area contributed by atoms with Gasteiger partial charge in [0.1, 0.15) is 5.60 Å². The smallest absolute Gasteiger partial charge is 0.335 e. The molecule has 0 amide bonds. The van der Waals surface area contributed by atoms with Crippen LogP contribution < -0.4 is 0 Å². The second-order valence-corrected chi connectivity index (χ2v) is 3.85. The highest BCUT2D eigenvalue weighted by Gasteiger charge is 2.21. The molecular formula is C10H18O3. The van der Waals surface area contributed by atoms with Crippen LogP contribution in [0.1, 0.15) is 34.1 Å². The highest BCUT2D eigenvalue weighted by Crippen LogP contribution is 2.09. The van der Waals surface area contributed by atoms with E-state index in [1.807, 2.05) is 6.92 Å². The zero-order valence-corrected chi connectivity index (χ0v) is 8.70. The summed E-state index contributed by atoms with van der Waals surface area (Å²) in [5.74, 6) is -0.564. The van der Waals surface area contributed by atoms with Crippen LogP contribution in [-0.2, 0) is 9.53 Å². The second-order valence-electron chi connectivity index (χ2n) is 3.85. The number of rotatable bonds is 3. The molecule has 0 aliphatic carbocycles. The maximum atomic E-state index is 11.2. The first-order valence-electron chi connectivity index (χ1n) is 4.39. The molecule has 3 nitrogen and oxygen atoms in total. The van der Waals surface area contributed by atoms with Gasteiger partial charge in [0.05, 0.1) is 0 Å². The molecule has 76 valence electrons. The van der Waals surface area contributed by atoms with Gasteiger partial charge in [-0.25, -0.2) is 4.79 Å². The summed E-state index contributed by atoms with van der Waals surface area (Å²) in [6.07, 6.45) is 2.78. The largest absolute Gasteiger partial charge is 0.458 e. The fourth-order valence-electron chi connectivity index (χ4n) is 0.731. The van der Waals surface area contributed by atoms with Gasteiger partial charge in [-0.2, -0.15) is 0 Å². The molecule has 0 spiro atoms. The Kier molecular flexibility index (Phi) is 4.70. The Labute approximate surface area is 79.4 Å². The SMILES string of the molecule is C/C=C/CC(O)C(=O)OC(C)(C)C. The summed E-state index contributed by atoms with van der Waals surface area (Å²) in [7, 11) is 0. The minimum atomic E-state index is -1.05. The standard InChI is InChI=1S/C10H18O3/c1-5-6-7-8(11)9(12)13-10(2,3)4/h5-6,8,11H,7H2,1-4H3/b6-5+. The van der Waals surface area contributed by atoms with E-state index in [0.717, 1.165) is 0 Å². The summed E-state index contributed by atoms with van der Waals surface area (Å²) in [4.78, 5) is 11.2. The van der Waals surface area contributed by atoms with E-state index in [2.05, 4.69) is 0 Å². The molecule has 0 rings (SSSR count). The number of aliphatic hydroxyl groups excluding tert-OH is 1. The van der Waals surface area contributed by atoms with Gasteiger partial charge in [0.15, 0.2) is 6.10 Å². The average molecular weight is 186 g/mol. The molecule has 0 heterocycles. The molecule has 1 unspecified atom stereocenters. The number of carbonyl (C=O) groups is 1. The maximum Gasteiger partial charge on any atom is 0.335 e. The van der Waals surface area contributed by atoms with Crippen molar-refractivity contribution in [3.8, 4) is 0 Å². The van der Waals surface area contributed by atoms with Crippen LogP contribution in [-0.4, -0.2) is 22.8 Å². The lowest BCUT2D eigenvalue weighted by molar-refractivity contribution is -0.164. The Morgan fingerprint density at radius 2 is 2.08 bits per heavy atom. The zero-order valence-electron chi connectivity index (χ0n) is 8.70. The molecule has 13 heavy (non-hydrogen) atoms. The van der Waals surface area contributed by atoms with E-state index >= 15 is 0 Å². The fraction of sp³-hybridized carbons (Fsp3) is 0.700. The van der Waals surface area contributed by atoms with Gasteiger partial charge in [0.25, 0.3) is 0 Å². The third kappa shape index (κ3) is 6.34. The summed E-state index contributed by atoms with van der Waals surface area (Å²) in [6, 6.07) is 0. The lowest BCUT2D eigenvalue weighted by Gasteiger charge is -2.21.